The molecule has 1 N–H and O–H groups in total. The van der Waals surface area contributed by atoms with Gasteiger partial charge in [-0.2, -0.15) is 0 Å². The first-order chi connectivity index (χ1) is 9.86. The molecule has 1 aromatic rings. The normalized spacial score (nSPS) is 11.4. The Morgan fingerprint density at radius 2 is 2.05 bits per heavy atom. The lowest BCUT2D eigenvalue weighted by Crippen LogP contribution is -2.33. The maximum absolute atomic E-state index is 11.9. The summed E-state index contributed by atoms with van der Waals surface area (Å²) in [4.78, 5) is 11.9. The van der Waals surface area contributed by atoms with Gasteiger partial charge in [0.1, 0.15) is 5.75 Å². The second-order valence-corrected chi connectivity index (χ2v) is 6.67. The van der Waals surface area contributed by atoms with Crippen LogP contribution in [-0.4, -0.2) is 45.1 Å². The van der Waals surface area contributed by atoms with Gasteiger partial charge in [0.15, 0.2) is 0 Å². The monoisotopic (exact) mass is 314 g/mol. The van der Waals surface area contributed by atoms with E-state index in [4.69, 9.17) is 4.74 Å². The van der Waals surface area contributed by atoms with Crippen molar-refractivity contribution in [3.63, 3.8) is 0 Å². The molecule has 0 atom stereocenters. The van der Waals surface area contributed by atoms with E-state index in [1.54, 1.807) is 31.4 Å². The molecule has 0 aliphatic heterocycles. The van der Waals surface area contributed by atoms with Crippen LogP contribution in [0.5, 0.6) is 5.75 Å². The van der Waals surface area contributed by atoms with Gasteiger partial charge in [-0.3, -0.25) is 4.79 Å². The van der Waals surface area contributed by atoms with Crippen molar-refractivity contribution in [3.8, 4) is 5.75 Å². The van der Waals surface area contributed by atoms with Crippen LogP contribution in [0.4, 0.5) is 5.69 Å². The summed E-state index contributed by atoms with van der Waals surface area (Å²) >= 11 is 0. The zero-order chi connectivity index (χ0) is 15.9. The lowest BCUT2D eigenvalue weighted by molar-refractivity contribution is -0.116. The number of hydrogen-bond acceptors (Lipinski definition) is 4. The Morgan fingerprint density at radius 3 is 2.62 bits per heavy atom. The standard InChI is InChI=1S/C14H22N2O4S/c1-4-9-16(21(3,18)19)10-8-14(17)15-12-6-5-7-13(11-12)20-2/h5-7,11H,4,8-10H2,1-3H3,(H,15,17). The summed E-state index contributed by atoms with van der Waals surface area (Å²) in [5, 5.41) is 2.73. The van der Waals surface area contributed by atoms with Crippen molar-refractivity contribution in [1.29, 1.82) is 0 Å². The van der Waals surface area contributed by atoms with Crippen molar-refractivity contribution in [2.75, 3.05) is 31.8 Å². The first-order valence-corrected chi connectivity index (χ1v) is 8.60. The van der Waals surface area contributed by atoms with Gasteiger partial charge in [0, 0.05) is 31.3 Å². The minimum absolute atomic E-state index is 0.115. The number of sulfonamides is 1. The topological polar surface area (TPSA) is 75.7 Å². The van der Waals surface area contributed by atoms with Crippen molar-refractivity contribution in [2.45, 2.75) is 19.8 Å². The van der Waals surface area contributed by atoms with Gasteiger partial charge in [0.2, 0.25) is 15.9 Å². The Kier molecular flexibility index (Phi) is 6.64. The van der Waals surface area contributed by atoms with Gasteiger partial charge in [-0.1, -0.05) is 13.0 Å². The van der Waals surface area contributed by atoms with E-state index < -0.39 is 10.0 Å². The van der Waals surface area contributed by atoms with E-state index in [1.807, 2.05) is 6.92 Å². The number of methoxy groups -OCH3 is 1. The fourth-order valence-corrected chi connectivity index (χ4v) is 2.78. The second kappa shape index (κ2) is 7.99. The molecule has 0 heterocycles. The quantitative estimate of drug-likeness (QED) is 0.792. The Hall–Kier alpha value is -1.60. The SMILES string of the molecule is CCCN(CCC(=O)Nc1cccc(OC)c1)S(C)(=O)=O. The molecule has 0 saturated carbocycles. The highest BCUT2D eigenvalue weighted by Crippen LogP contribution is 2.16. The number of hydrogen-bond donors (Lipinski definition) is 1. The molecule has 0 aliphatic carbocycles. The molecule has 118 valence electrons. The third kappa shape index (κ3) is 6.14. The van der Waals surface area contributed by atoms with Crippen LogP contribution in [0.25, 0.3) is 0 Å². The molecule has 0 aromatic heterocycles. The Labute approximate surface area is 126 Å². The third-order valence-corrected chi connectivity index (χ3v) is 4.19. The van der Waals surface area contributed by atoms with E-state index >= 15 is 0 Å². The van der Waals surface area contributed by atoms with Gasteiger partial charge in [0.25, 0.3) is 0 Å². The second-order valence-electron chi connectivity index (χ2n) is 4.69. The highest BCUT2D eigenvalue weighted by Gasteiger charge is 2.16. The largest absolute Gasteiger partial charge is 0.497 e. The number of anilines is 1. The number of carbonyl (C=O) groups excluding carboxylic acids is 1. The van der Waals surface area contributed by atoms with Crippen LogP contribution in [0, 0.1) is 0 Å². The fourth-order valence-electron chi connectivity index (χ4n) is 1.84. The van der Waals surface area contributed by atoms with Gasteiger partial charge in [-0.15, -0.1) is 0 Å². The molecule has 1 aromatic carbocycles. The number of ether oxygens (including phenoxy) is 1. The van der Waals surface area contributed by atoms with Crippen LogP contribution in [-0.2, 0) is 14.8 Å². The molecule has 6 nitrogen and oxygen atoms in total. The summed E-state index contributed by atoms with van der Waals surface area (Å²) in [6, 6.07) is 7.01. The minimum atomic E-state index is -3.27. The molecule has 0 unspecified atom stereocenters. The van der Waals surface area contributed by atoms with Gasteiger partial charge in [-0.05, 0) is 18.6 Å². The average molecular weight is 314 g/mol. The van der Waals surface area contributed by atoms with E-state index in [-0.39, 0.29) is 18.9 Å². The summed E-state index contributed by atoms with van der Waals surface area (Å²) in [5.41, 5.74) is 0.626. The molecule has 0 fully saturated rings. The molecule has 0 spiro atoms. The van der Waals surface area contributed by atoms with Crippen LogP contribution >= 0.6 is 0 Å². The third-order valence-electron chi connectivity index (χ3n) is 2.88. The Balaban J connectivity index is 2.56. The molecule has 0 saturated heterocycles. The number of nitrogens with one attached hydrogen (secondary N) is 1. The predicted octanol–water partition coefficient (Wildman–Crippen LogP) is 1.70. The summed E-state index contributed by atoms with van der Waals surface area (Å²) in [6.07, 6.45) is 1.98. The molecule has 0 bridgehead atoms. The summed E-state index contributed by atoms with van der Waals surface area (Å²) < 4.78 is 29.5. The summed E-state index contributed by atoms with van der Waals surface area (Å²) in [6.45, 7) is 2.50. The van der Waals surface area contributed by atoms with E-state index in [0.717, 1.165) is 6.26 Å². The van der Waals surface area contributed by atoms with Crippen molar-refractivity contribution < 1.29 is 17.9 Å². The molecule has 1 amide bonds. The molecular weight excluding hydrogens is 292 g/mol. The fraction of sp³-hybridized carbons (Fsp3) is 0.500. The number of benzene rings is 1. The molecule has 0 aliphatic rings. The van der Waals surface area contributed by atoms with Crippen LogP contribution in [0.3, 0.4) is 0 Å². The average Bonchev–Trinajstić information content (AvgIpc) is 2.42. The zero-order valence-corrected chi connectivity index (χ0v) is 13.4. The predicted molar refractivity (Wildman–Crippen MR) is 82.9 cm³/mol. The first kappa shape index (κ1) is 17.5. The highest BCUT2D eigenvalue weighted by molar-refractivity contribution is 7.88. The van der Waals surface area contributed by atoms with Crippen LogP contribution in [0.2, 0.25) is 0 Å². The molecule has 21 heavy (non-hydrogen) atoms. The lowest BCUT2D eigenvalue weighted by Gasteiger charge is -2.18. The van der Waals surface area contributed by atoms with Crippen LogP contribution < -0.4 is 10.1 Å². The van der Waals surface area contributed by atoms with Crippen molar-refractivity contribution in [3.05, 3.63) is 24.3 Å². The number of carbonyl (C=O) groups is 1. The van der Waals surface area contributed by atoms with Crippen LogP contribution in [0.15, 0.2) is 24.3 Å². The molecular formula is C14H22N2O4S. The highest BCUT2D eigenvalue weighted by atomic mass is 32.2. The van der Waals surface area contributed by atoms with Crippen molar-refractivity contribution in [2.24, 2.45) is 0 Å². The van der Waals surface area contributed by atoms with E-state index in [1.165, 1.54) is 4.31 Å². The van der Waals surface area contributed by atoms with E-state index in [0.29, 0.717) is 24.4 Å². The molecule has 0 radical (unpaired) electrons. The summed E-state index contributed by atoms with van der Waals surface area (Å²) in [5.74, 6) is 0.421. The number of nitrogens with zero attached hydrogens (tertiary/aromatic N) is 1. The van der Waals surface area contributed by atoms with Crippen LogP contribution in [0.1, 0.15) is 19.8 Å². The molecule has 7 heteroatoms. The maximum Gasteiger partial charge on any atom is 0.225 e. The van der Waals surface area contributed by atoms with Gasteiger partial charge < -0.3 is 10.1 Å². The van der Waals surface area contributed by atoms with Gasteiger partial charge in [-0.25, -0.2) is 12.7 Å². The number of amides is 1. The Morgan fingerprint density at radius 1 is 1.33 bits per heavy atom. The first-order valence-electron chi connectivity index (χ1n) is 6.76. The van der Waals surface area contributed by atoms with Gasteiger partial charge >= 0.3 is 0 Å². The van der Waals surface area contributed by atoms with E-state index in [2.05, 4.69) is 5.32 Å². The lowest BCUT2D eigenvalue weighted by atomic mass is 10.3. The van der Waals surface area contributed by atoms with Crippen molar-refractivity contribution in [1.82, 2.24) is 4.31 Å². The smallest absolute Gasteiger partial charge is 0.225 e. The number of rotatable bonds is 8. The maximum atomic E-state index is 11.9. The van der Waals surface area contributed by atoms with Gasteiger partial charge in [0.05, 0.1) is 13.4 Å². The summed E-state index contributed by atoms with van der Waals surface area (Å²) in [7, 11) is -1.72. The molecule has 1 rings (SSSR count). The van der Waals surface area contributed by atoms with E-state index in [9.17, 15) is 13.2 Å². The minimum Gasteiger partial charge on any atom is -0.497 e. The zero-order valence-electron chi connectivity index (χ0n) is 12.6. The van der Waals surface area contributed by atoms with Crippen molar-refractivity contribution >= 4 is 21.6 Å². The Bertz CT molecular complexity index is 572.